The molecule has 1 aromatic heterocycles. The number of halogens is 1. The molecule has 1 fully saturated rings. The number of piperazine rings is 1. The fourth-order valence-electron chi connectivity index (χ4n) is 5.47. The third-order valence-corrected chi connectivity index (χ3v) is 9.26. The molecule has 9 nitrogen and oxygen atoms in total. The number of ether oxygens (including phenoxy) is 1. The highest BCUT2D eigenvalue weighted by Gasteiger charge is 2.47. The molecule has 1 saturated heterocycles. The van der Waals surface area contributed by atoms with E-state index in [1.165, 1.54) is 6.07 Å². The lowest BCUT2D eigenvalue weighted by molar-refractivity contribution is 0.0797. The van der Waals surface area contributed by atoms with Gasteiger partial charge in [-0.05, 0) is 48.9 Å². The van der Waals surface area contributed by atoms with Crippen molar-refractivity contribution in [2.75, 3.05) is 37.7 Å². The molecule has 0 amide bonds. The minimum Gasteiger partial charge on any atom is -0.472 e. The molecule has 2 N–H and O–H groups in total. The van der Waals surface area contributed by atoms with E-state index in [1.54, 1.807) is 56.6 Å². The van der Waals surface area contributed by atoms with E-state index in [0.29, 0.717) is 17.1 Å². The molecule has 0 saturated carbocycles. The van der Waals surface area contributed by atoms with Gasteiger partial charge in [-0.15, -0.1) is 4.40 Å². The average Bonchev–Trinajstić information content (AvgIpc) is 2.93. The number of nitrogens with one attached hydrogen (secondary N) is 1. The number of aliphatic hydroxyl groups excluding tert-OH is 1. The van der Waals surface area contributed by atoms with Gasteiger partial charge in [-0.3, -0.25) is 0 Å². The Hall–Kier alpha value is -3.41. The van der Waals surface area contributed by atoms with Crippen LogP contribution in [0.2, 0.25) is 0 Å². The van der Waals surface area contributed by atoms with Gasteiger partial charge in [-0.25, -0.2) is 22.8 Å². The highest BCUT2D eigenvalue weighted by molar-refractivity contribution is 7.90. The molecular weight excluding hydrogens is 533 g/mol. The molecule has 2 atom stereocenters. The van der Waals surface area contributed by atoms with E-state index in [9.17, 15) is 17.9 Å². The van der Waals surface area contributed by atoms with Crippen LogP contribution in [0, 0.1) is 5.82 Å². The van der Waals surface area contributed by atoms with Crippen molar-refractivity contribution in [2.45, 2.75) is 43.5 Å². The minimum atomic E-state index is -4.01. The number of anilines is 1. The molecule has 2 aliphatic heterocycles. The molecule has 0 bridgehead atoms. The lowest BCUT2D eigenvalue weighted by Gasteiger charge is -2.38. The molecule has 11 heteroatoms. The minimum absolute atomic E-state index is 0.0151. The number of rotatable bonds is 8. The topological polar surface area (TPSA) is 117 Å². The van der Waals surface area contributed by atoms with Crippen LogP contribution in [-0.4, -0.2) is 67.8 Å². The number of aromatic nitrogens is 2. The van der Waals surface area contributed by atoms with Crippen LogP contribution in [0.5, 0.6) is 0 Å². The summed E-state index contributed by atoms with van der Waals surface area (Å²) in [6, 6.07) is 13.5. The highest BCUT2D eigenvalue weighted by Crippen LogP contribution is 2.42. The van der Waals surface area contributed by atoms with Crippen LogP contribution < -0.4 is 10.2 Å². The molecule has 5 rings (SSSR count). The first-order valence-corrected chi connectivity index (χ1v) is 14.9. The smallest absolute Gasteiger partial charge is 0.267 e. The fourth-order valence-corrected chi connectivity index (χ4v) is 7.24. The summed E-state index contributed by atoms with van der Waals surface area (Å²) in [7, 11) is -4.01. The van der Waals surface area contributed by atoms with Gasteiger partial charge < -0.3 is 20.1 Å². The van der Waals surface area contributed by atoms with Crippen LogP contribution >= 0.6 is 0 Å². The van der Waals surface area contributed by atoms with Crippen molar-refractivity contribution in [3.63, 3.8) is 0 Å². The summed E-state index contributed by atoms with van der Waals surface area (Å²) >= 11 is 0. The average molecular weight is 568 g/mol. The van der Waals surface area contributed by atoms with Crippen LogP contribution in [0.3, 0.4) is 0 Å². The number of hydrogen-bond acceptors (Lipinski definition) is 8. The third kappa shape index (κ3) is 6.01. The van der Waals surface area contributed by atoms with E-state index in [2.05, 4.69) is 24.6 Å². The Morgan fingerprint density at radius 1 is 1.07 bits per heavy atom. The second-order valence-corrected chi connectivity index (χ2v) is 12.3. The van der Waals surface area contributed by atoms with Crippen LogP contribution in [0.1, 0.15) is 49.0 Å². The number of hydrogen-bond donors (Lipinski definition) is 2. The maximum Gasteiger partial charge on any atom is 0.267 e. The lowest BCUT2D eigenvalue weighted by atomic mass is 9.91. The Kier molecular flexibility index (Phi) is 8.16. The van der Waals surface area contributed by atoms with Gasteiger partial charge in [0.1, 0.15) is 16.7 Å². The summed E-state index contributed by atoms with van der Waals surface area (Å²) in [5.74, 6) is -0.187. The van der Waals surface area contributed by atoms with Gasteiger partial charge in [-0.1, -0.05) is 42.5 Å². The first kappa shape index (κ1) is 28.1. The van der Waals surface area contributed by atoms with Crippen LogP contribution in [0.15, 0.2) is 65.3 Å². The van der Waals surface area contributed by atoms with Crippen molar-refractivity contribution in [1.29, 1.82) is 0 Å². The van der Waals surface area contributed by atoms with Gasteiger partial charge in [0.25, 0.3) is 10.0 Å². The van der Waals surface area contributed by atoms with Gasteiger partial charge in [0, 0.05) is 57.2 Å². The Morgan fingerprint density at radius 3 is 2.38 bits per heavy atom. The molecule has 1 unspecified atom stereocenters. The van der Waals surface area contributed by atoms with E-state index in [4.69, 9.17) is 4.74 Å². The largest absolute Gasteiger partial charge is 0.472 e. The summed E-state index contributed by atoms with van der Waals surface area (Å²) in [4.78, 5) is 11.2. The van der Waals surface area contributed by atoms with E-state index >= 15 is 0 Å². The predicted octanol–water partition coefficient (Wildman–Crippen LogP) is 3.83. The van der Waals surface area contributed by atoms with Crippen LogP contribution in [0.25, 0.3) is 11.1 Å². The Balaban J connectivity index is 1.36. The van der Waals surface area contributed by atoms with Gasteiger partial charge in [0.2, 0.25) is 11.8 Å². The molecule has 3 heterocycles. The summed E-state index contributed by atoms with van der Waals surface area (Å²) in [6.07, 6.45) is 3.85. The zero-order valence-electron chi connectivity index (χ0n) is 22.6. The van der Waals surface area contributed by atoms with E-state index in [1.807, 2.05) is 12.1 Å². The predicted molar refractivity (Wildman–Crippen MR) is 152 cm³/mol. The molecule has 0 spiro atoms. The van der Waals surface area contributed by atoms with E-state index in [0.717, 1.165) is 37.3 Å². The molecule has 0 radical (unpaired) electrons. The summed E-state index contributed by atoms with van der Waals surface area (Å²) < 4.78 is 51.6. The quantitative estimate of drug-likeness (QED) is 0.422. The van der Waals surface area contributed by atoms with Crippen molar-refractivity contribution in [1.82, 2.24) is 15.3 Å². The normalized spacial score (nSPS) is 20.9. The molecule has 40 heavy (non-hydrogen) atoms. The molecular formula is C29H34FN5O4S. The van der Waals surface area contributed by atoms with Gasteiger partial charge in [0.05, 0.1) is 0 Å². The Morgan fingerprint density at radius 2 is 1.75 bits per heavy atom. The number of nitrogens with zero attached hydrogens (tertiary/aromatic N) is 4. The standard InChI is InChI=1S/C29H34FN5O4S/c1-29(2)27(40(37,38)34-26(39-29)17-22(11-16-36)24-5-3-4-6-25(24)30)21-9-7-20(8-10-21)23-18-32-28(33-19-23)35-14-12-31-13-15-35/h3-10,18-19,22,27,31,36H,11-17H2,1-2H3/t22-,27?/m1/s1. The second kappa shape index (κ2) is 11.6. The monoisotopic (exact) mass is 567 g/mol. The molecule has 3 aromatic rings. The maximum absolute atomic E-state index is 14.5. The second-order valence-electron chi connectivity index (χ2n) is 10.7. The van der Waals surface area contributed by atoms with Crippen LogP contribution in [-0.2, 0) is 14.8 Å². The van der Waals surface area contributed by atoms with E-state index < -0.39 is 32.6 Å². The summed E-state index contributed by atoms with van der Waals surface area (Å²) in [5, 5.41) is 11.8. The molecule has 2 aliphatic rings. The van der Waals surface area contributed by atoms with Crippen LogP contribution in [0.4, 0.5) is 10.3 Å². The summed E-state index contributed by atoms with van der Waals surface area (Å²) in [5.41, 5.74) is 1.50. The molecule has 2 aromatic carbocycles. The van der Waals surface area contributed by atoms with Crippen molar-refractivity contribution < 1.29 is 22.7 Å². The lowest BCUT2D eigenvalue weighted by Crippen LogP contribution is -2.44. The fraction of sp³-hybridized carbons (Fsp3) is 0.414. The Bertz CT molecular complexity index is 1460. The van der Waals surface area contributed by atoms with Gasteiger partial charge in [-0.2, -0.15) is 0 Å². The first-order valence-electron chi connectivity index (χ1n) is 13.4. The van der Waals surface area contributed by atoms with Crippen molar-refractivity contribution in [3.8, 4) is 11.1 Å². The van der Waals surface area contributed by atoms with Crippen molar-refractivity contribution in [3.05, 3.63) is 77.9 Å². The number of aliphatic hydroxyl groups is 1. The number of sulfonamides is 1. The highest BCUT2D eigenvalue weighted by atomic mass is 32.2. The number of benzene rings is 2. The zero-order chi connectivity index (χ0) is 28.3. The maximum atomic E-state index is 14.5. The first-order chi connectivity index (χ1) is 19.2. The van der Waals surface area contributed by atoms with Gasteiger partial charge in [0.15, 0.2) is 0 Å². The molecule has 0 aliphatic carbocycles. The summed E-state index contributed by atoms with van der Waals surface area (Å²) in [6.45, 7) is 6.76. The van der Waals surface area contributed by atoms with Crippen molar-refractivity contribution >= 4 is 21.9 Å². The SMILES string of the molecule is CC1(C)OC(C[C@@H](CCO)c2ccccc2F)=NS(=O)(=O)C1c1ccc(-c2cnc(N3CCNCC3)nc2)cc1. The van der Waals surface area contributed by atoms with Gasteiger partial charge >= 0.3 is 0 Å². The Labute approximate surface area is 234 Å². The zero-order valence-corrected chi connectivity index (χ0v) is 23.4. The van der Waals surface area contributed by atoms with E-state index in [-0.39, 0.29) is 25.3 Å². The third-order valence-electron chi connectivity index (χ3n) is 7.37. The molecule has 212 valence electrons. The van der Waals surface area contributed by atoms with Crippen molar-refractivity contribution in [2.24, 2.45) is 4.40 Å².